The minimum atomic E-state index is -1.11. The van der Waals surface area contributed by atoms with E-state index in [1.54, 1.807) is 12.1 Å². The number of carboxylic acids is 1. The number of benzene rings is 1. The summed E-state index contributed by atoms with van der Waals surface area (Å²) in [5, 5.41) is 14.8. The van der Waals surface area contributed by atoms with Gasteiger partial charge in [0.25, 0.3) is 0 Å². The predicted octanol–water partition coefficient (Wildman–Crippen LogP) is -0.0961. The lowest BCUT2D eigenvalue weighted by Gasteiger charge is -2.10. The molecule has 27 heavy (non-hydrogen) atoms. The summed E-state index contributed by atoms with van der Waals surface area (Å²) in [7, 11) is 1.41. The third kappa shape index (κ3) is 6.59. The van der Waals surface area contributed by atoms with Crippen LogP contribution in [-0.4, -0.2) is 62.1 Å². The van der Waals surface area contributed by atoms with Crippen LogP contribution in [0.1, 0.15) is 18.4 Å². The average molecular weight is 379 g/mol. The summed E-state index contributed by atoms with van der Waals surface area (Å²) in [6, 6.07) is 4.65. The van der Waals surface area contributed by atoms with Crippen molar-refractivity contribution in [3.63, 3.8) is 0 Å². The van der Waals surface area contributed by atoms with Crippen molar-refractivity contribution in [3.05, 3.63) is 23.8 Å². The molecule has 1 aliphatic heterocycles. The number of nitrogens with zero attached hydrogens (tertiary/aromatic N) is 1. The smallest absolute Gasteiger partial charge is 0.341 e. The molecule has 0 saturated carbocycles. The fraction of sp³-hybridized carbons (Fsp3) is 0.412. The monoisotopic (exact) mass is 379 g/mol. The van der Waals surface area contributed by atoms with Gasteiger partial charge in [-0.1, -0.05) is 0 Å². The summed E-state index contributed by atoms with van der Waals surface area (Å²) in [6.45, 7) is 0.451. The van der Waals surface area contributed by atoms with Crippen molar-refractivity contribution in [2.75, 3.05) is 26.9 Å². The standard InChI is InChI=1S/C17H21N3O7/c1-25-14-7-11(4-5-13(14)27-10-15(21)22)8-19-20-17(24)16(23)18-9-12-3-2-6-26-12/h4-5,7-8,12H,2-3,6,9-10H2,1H3,(H,18,23)(H,20,24)(H,21,22)/b19-8-/t12-/m1/s1. The lowest BCUT2D eigenvalue weighted by atomic mass is 10.2. The van der Waals surface area contributed by atoms with E-state index in [0.717, 1.165) is 12.8 Å². The minimum Gasteiger partial charge on any atom is -0.493 e. The van der Waals surface area contributed by atoms with E-state index in [4.69, 9.17) is 19.3 Å². The van der Waals surface area contributed by atoms with Crippen LogP contribution in [0.5, 0.6) is 11.5 Å². The first-order valence-corrected chi connectivity index (χ1v) is 8.25. The van der Waals surface area contributed by atoms with E-state index in [0.29, 0.717) is 17.9 Å². The largest absolute Gasteiger partial charge is 0.493 e. The van der Waals surface area contributed by atoms with Crippen LogP contribution in [0, 0.1) is 0 Å². The molecule has 146 valence electrons. The Morgan fingerprint density at radius 1 is 1.33 bits per heavy atom. The minimum absolute atomic E-state index is 0.0559. The second-order valence-corrected chi connectivity index (χ2v) is 5.64. The zero-order chi connectivity index (χ0) is 19.6. The van der Waals surface area contributed by atoms with Gasteiger partial charge in [0.2, 0.25) is 0 Å². The SMILES string of the molecule is COc1cc(/C=N\NC(=O)C(=O)NC[C@H]2CCCO2)ccc1OCC(=O)O. The molecule has 1 aliphatic rings. The highest BCUT2D eigenvalue weighted by atomic mass is 16.5. The molecule has 1 atom stereocenters. The van der Waals surface area contributed by atoms with Gasteiger partial charge in [-0.3, -0.25) is 9.59 Å². The van der Waals surface area contributed by atoms with Gasteiger partial charge in [-0.25, -0.2) is 10.2 Å². The van der Waals surface area contributed by atoms with Crippen LogP contribution in [0.25, 0.3) is 0 Å². The second-order valence-electron chi connectivity index (χ2n) is 5.64. The molecule has 2 rings (SSSR count). The quantitative estimate of drug-likeness (QED) is 0.326. The number of hydrogen-bond acceptors (Lipinski definition) is 7. The summed E-state index contributed by atoms with van der Waals surface area (Å²) >= 11 is 0. The van der Waals surface area contributed by atoms with E-state index in [-0.39, 0.29) is 18.4 Å². The first-order chi connectivity index (χ1) is 13.0. The fourth-order valence-corrected chi connectivity index (χ4v) is 2.33. The number of hydrazone groups is 1. The number of carbonyl (C=O) groups excluding carboxylic acids is 2. The third-order valence-corrected chi connectivity index (χ3v) is 3.64. The molecule has 0 spiro atoms. The number of carbonyl (C=O) groups is 3. The number of carboxylic acid groups (broad SMARTS) is 1. The number of methoxy groups -OCH3 is 1. The van der Waals surface area contributed by atoms with Crippen LogP contribution in [0.15, 0.2) is 23.3 Å². The Balaban J connectivity index is 1.84. The Labute approximate surface area is 155 Å². The average Bonchev–Trinajstić information content (AvgIpc) is 3.18. The van der Waals surface area contributed by atoms with Gasteiger partial charge < -0.3 is 24.6 Å². The van der Waals surface area contributed by atoms with Gasteiger partial charge in [0, 0.05) is 13.2 Å². The normalized spacial score (nSPS) is 16.1. The van der Waals surface area contributed by atoms with Gasteiger partial charge >= 0.3 is 17.8 Å². The topological polar surface area (TPSA) is 136 Å². The molecule has 3 N–H and O–H groups in total. The van der Waals surface area contributed by atoms with Gasteiger partial charge in [-0.15, -0.1) is 0 Å². The number of aliphatic carboxylic acids is 1. The van der Waals surface area contributed by atoms with E-state index < -0.39 is 24.4 Å². The molecule has 0 aliphatic carbocycles. The zero-order valence-corrected chi connectivity index (χ0v) is 14.8. The van der Waals surface area contributed by atoms with Gasteiger partial charge in [-0.05, 0) is 36.6 Å². The van der Waals surface area contributed by atoms with Crippen molar-refractivity contribution in [1.29, 1.82) is 0 Å². The van der Waals surface area contributed by atoms with Crippen molar-refractivity contribution < 1.29 is 33.7 Å². The second kappa shape index (κ2) is 10.1. The first kappa shape index (κ1) is 20.2. The summed E-state index contributed by atoms with van der Waals surface area (Å²) < 4.78 is 15.6. The van der Waals surface area contributed by atoms with Crippen molar-refractivity contribution in [2.24, 2.45) is 5.10 Å². The lowest BCUT2D eigenvalue weighted by Crippen LogP contribution is -2.41. The van der Waals surface area contributed by atoms with E-state index in [2.05, 4.69) is 15.8 Å². The molecular formula is C17H21N3O7. The van der Waals surface area contributed by atoms with Gasteiger partial charge in [0.05, 0.1) is 19.4 Å². The molecular weight excluding hydrogens is 358 g/mol. The molecule has 1 fully saturated rings. The van der Waals surface area contributed by atoms with Crippen LogP contribution in [0.2, 0.25) is 0 Å². The highest BCUT2D eigenvalue weighted by molar-refractivity contribution is 6.35. The highest BCUT2D eigenvalue weighted by Crippen LogP contribution is 2.27. The molecule has 1 aromatic rings. The zero-order valence-electron chi connectivity index (χ0n) is 14.8. The molecule has 0 bridgehead atoms. The highest BCUT2D eigenvalue weighted by Gasteiger charge is 2.19. The number of rotatable bonds is 8. The fourth-order valence-electron chi connectivity index (χ4n) is 2.33. The number of nitrogens with one attached hydrogen (secondary N) is 2. The first-order valence-electron chi connectivity index (χ1n) is 8.25. The molecule has 10 heteroatoms. The maximum absolute atomic E-state index is 11.7. The summed E-state index contributed by atoms with van der Waals surface area (Å²) in [5.74, 6) is -2.23. The van der Waals surface area contributed by atoms with Crippen LogP contribution in [-0.2, 0) is 19.1 Å². The Morgan fingerprint density at radius 2 is 2.15 bits per heavy atom. The number of ether oxygens (including phenoxy) is 3. The molecule has 1 saturated heterocycles. The maximum atomic E-state index is 11.7. The summed E-state index contributed by atoms with van der Waals surface area (Å²) in [4.78, 5) is 33.9. The molecule has 0 radical (unpaired) electrons. The number of hydrogen-bond donors (Lipinski definition) is 3. The van der Waals surface area contributed by atoms with E-state index in [1.165, 1.54) is 19.4 Å². The summed E-state index contributed by atoms with van der Waals surface area (Å²) in [6.07, 6.45) is 3.06. The lowest BCUT2D eigenvalue weighted by molar-refractivity contribution is -0.139. The van der Waals surface area contributed by atoms with E-state index >= 15 is 0 Å². The van der Waals surface area contributed by atoms with Crippen molar-refractivity contribution >= 4 is 24.0 Å². The van der Waals surface area contributed by atoms with Gasteiger partial charge in [0.1, 0.15) is 0 Å². The van der Waals surface area contributed by atoms with Gasteiger partial charge in [0.15, 0.2) is 18.1 Å². The van der Waals surface area contributed by atoms with Crippen LogP contribution in [0.3, 0.4) is 0 Å². The van der Waals surface area contributed by atoms with E-state index in [9.17, 15) is 14.4 Å². The van der Waals surface area contributed by atoms with Crippen LogP contribution in [0.4, 0.5) is 0 Å². The molecule has 1 heterocycles. The Hall–Kier alpha value is -3.14. The van der Waals surface area contributed by atoms with Crippen LogP contribution >= 0.6 is 0 Å². The number of amides is 2. The Morgan fingerprint density at radius 3 is 2.81 bits per heavy atom. The van der Waals surface area contributed by atoms with E-state index in [1.807, 2.05) is 0 Å². The van der Waals surface area contributed by atoms with Crippen molar-refractivity contribution in [2.45, 2.75) is 18.9 Å². The Bertz CT molecular complexity index is 714. The van der Waals surface area contributed by atoms with Crippen LogP contribution < -0.4 is 20.2 Å². The molecule has 10 nitrogen and oxygen atoms in total. The van der Waals surface area contributed by atoms with Crippen molar-refractivity contribution in [1.82, 2.24) is 10.7 Å². The Kier molecular flexibility index (Phi) is 7.56. The molecule has 0 aromatic heterocycles. The third-order valence-electron chi connectivity index (χ3n) is 3.64. The summed E-state index contributed by atoms with van der Waals surface area (Å²) in [5.41, 5.74) is 2.68. The predicted molar refractivity (Wildman–Crippen MR) is 93.8 cm³/mol. The molecule has 0 unspecified atom stereocenters. The maximum Gasteiger partial charge on any atom is 0.341 e. The van der Waals surface area contributed by atoms with Crippen molar-refractivity contribution in [3.8, 4) is 11.5 Å². The molecule has 2 amide bonds. The van der Waals surface area contributed by atoms with Gasteiger partial charge in [-0.2, -0.15) is 5.10 Å². The molecule has 1 aromatic carbocycles.